The molecule has 1 rings (SSSR count). The van der Waals surface area contributed by atoms with Crippen molar-refractivity contribution < 1.29 is 24.0 Å². The van der Waals surface area contributed by atoms with Crippen LogP contribution in [-0.4, -0.2) is 23.5 Å². The highest BCUT2D eigenvalue weighted by atomic mass is 16.6. The molecular formula is C20H29NO6. The molecule has 27 heavy (non-hydrogen) atoms. The van der Waals surface area contributed by atoms with Crippen molar-refractivity contribution in [1.29, 1.82) is 0 Å². The smallest absolute Gasteiger partial charge is 0.306 e. The van der Waals surface area contributed by atoms with Crippen LogP contribution in [-0.2, 0) is 25.7 Å². The average Bonchev–Trinajstić information content (AvgIpc) is 2.66. The van der Waals surface area contributed by atoms with E-state index in [1.807, 2.05) is 0 Å². The van der Waals surface area contributed by atoms with Crippen LogP contribution in [0.15, 0.2) is 24.3 Å². The Labute approximate surface area is 160 Å². The number of nitrogens with zero attached hydrogens (tertiary/aromatic N) is 1. The number of non-ortho nitro benzene ring substituents is 1. The molecule has 0 atom stereocenters. The molecule has 0 bridgehead atoms. The van der Waals surface area contributed by atoms with Gasteiger partial charge in [-0.2, -0.15) is 0 Å². The quantitative estimate of drug-likeness (QED) is 0.201. The Morgan fingerprint density at radius 3 is 2.11 bits per heavy atom. The molecule has 0 amide bonds. The molecule has 7 heteroatoms. The zero-order valence-electron chi connectivity index (χ0n) is 16.0. The van der Waals surface area contributed by atoms with Crippen molar-refractivity contribution in [1.82, 2.24) is 0 Å². The van der Waals surface area contributed by atoms with Crippen LogP contribution in [0.3, 0.4) is 0 Å². The first kappa shape index (κ1) is 22.6. The van der Waals surface area contributed by atoms with Crippen molar-refractivity contribution in [3.63, 3.8) is 0 Å². The summed E-state index contributed by atoms with van der Waals surface area (Å²) in [5.74, 6) is -0.691. The summed E-state index contributed by atoms with van der Waals surface area (Å²) in [7, 11) is 0. The van der Waals surface area contributed by atoms with Gasteiger partial charge in [-0.1, -0.05) is 39.0 Å². The molecule has 0 spiro atoms. The fourth-order valence-electron chi connectivity index (χ4n) is 2.47. The van der Waals surface area contributed by atoms with E-state index in [1.54, 1.807) is 12.1 Å². The molecule has 0 fully saturated rings. The number of hydrogen-bond donors (Lipinski definition) is 0. The number of benzene rings is 1. The molecule has 1 aromatic carbocycles. The molecule has 0 saturated carbocycles. The summed E-state index contributed by atoms with van der Waals surface area (Å²) in [6.45, 7) is 2.67. The van der Waals surface area contributed by atoms with E-state index in [0.717, 1.165) is 12.8 Å². The second kappa shape index (κ2) is 13.7. The summed E-state index contributed by atoms with van der Waals surface area (Å²) in [6.07, 6.45) is 7.54. The third-order valence-corrected chi connectivity index (χ3v) is 4.07. The first-order chi connectivity index (χ1) is 13.0. The Hall–Kier alpha value is -2.44. The number of ether oxygens (including phenoxy) is 2. The molecule has 0 unspecified atom stereocenters. The molecule has 0 radical (unpaired) electrons. The van der Waals surface area contributed by atoms with Gasteiger partial charge in [0.05, 0.1) is 11.5 Å². The van der Waals surface area contributed by atoms with Gasteiger partial charge >= 0.3 is 11.9 Å². The van der Waals surface area contributed by atoms with Gasteiger partial charge in [0, 0.05) is 25.0 Å². The van der Waals surface area contributed by atoms with Crippen molar-refractivity contribution in [2.75, 3.05) is 6.61 Å². The van der Waals surface area contributed by atoms with Crippen molar-refractivity contribution in [2.45, 2.75) is 71.3 Å². The SMILES string of the molecule is CCCCCCCCOC(=O)CCCC(=O)OCc1ccc([N+](=O)[O-])cc1. The molecule has 7 nitrogen and oxygen atoms in total. The maximum absolute atomic E-state index is 11.7. The third kappa shape index (κ3) is 11.0. The zero-order valence-corrected chi connectivity index (χ0v) is 16.0. The number of nitro groups is 1. The van der Waals surface area contributed by atoms with Crippen LogP contribution in [0, 0.1) is 10.1 Å². The van der Waals surface area contributed by atoms with Gasteiger partial charge in [-0.25, -0.2) is 0 Å². The van der Waals surface area contributed by atoms with E-state index in [0.29, 0.717) is 18.6 Å². The van der Waals surface area contributed by atoms with Gasteiger partial charge in [0.1, 0.15) is 6.61 Å². The minimum Gasteiger partial charge on any atom is -0.466 e. The van der Waals surface area contributed by atoms with Crippen molar-refractivity contribution >= 4 is 17.6 Å². The lowest BCUT2D eigenvalue weighted by Gasteiger charge is -2.06. The molecule has 0 aromatic heterocycles. The minimum absolute atomic E-state index is 0.00968. The summed E-state index contributed by atoms with van der Waals surface area (Å²) in [4.78, 5) is 33.4. The molecule has 150 valence electrons. The molecule has 0 heterocycles. The maximum atomic E-state index is 11.7. The van der Waals surface area contributed by atoms with Crippen LogP contribution < -0.4 is 0 Å². The topological polar surface area (TPSA) is 95.7 Å². The predicted molar refractivity (Wildman–Crippen MR) is 101 cm³/mol. The van der Waals surface area contributed by atoms with E-state index < -0.39 is 10.9 Å². The summed E-state index contributed by atoms with van der Waals surface area (Å²) < 4.78 is 10.2. The van der Waals surface area contributed by atoms with Crippen LogP contribution >= 0.6 is 0 Å². The van der Waals surface area contributed by atoms with Crippen LogP contribution in [0.4, 0.5) is 5.69 Å². The van der Waals surface area contributed by atoms with Crippen LogP contribution in [0.1, 0.15) is 70.3 Å². The first-order valence-corrected chi connectivity index (χ1v) is 9.57. The van der Waals surface area contributed by atoms with E-state index in [2.05, 4.69) is 6.92 Å². The number of hydrogen-bond acceptors (Lipinski definition) is 6. The number of carbonyl (C=O) groups is 2. The highest BCUT2D eigenvalue weighted by Crippen LogP contribution is 2.13. The summed E-state index contributed by atoms with van der Waals surface area (Å²) in [5.41, 5.74) is 0.664. The predicted octanol–water partition coefficient (Wildman–Crippen LogP) is 4.71. The number of esters is 2. The lowest BCUT2D eigenvalue weighted by Crippen LogP contribution is -2.09. The Morgan fingerprint density at radius 2 is 1.48 bits per heavy atom. The Balaban J connectivity index is 2.06. The fraction of sp³-hybridized carbons (Fsp3) is 0.600. The van der Waals surface area contributed by atoms with E-state index in [1.165, 1.54) is 37.8 Å². The normalized spacial score (nSPS) is 10.4. The van der Waals surface area contributed by atoms with Gasteiger partial charge in [0.15, 0.2) is 0 Å². The Morgan fingerprint density at radius 1 is 0.889 bits per heavy atom. The molecule has 1 aromatic rings. The number of rotatable bonds is 14. The number of carbonyl (C=O) groups excluding carboxylic acids is 2. The molecule has 0 N–H and O–H groups in total. The van der Waals surface area contributed by atoms with Crippen LogP contribution in [0.2, 0.25) is 0 Å². The summed E-state index contributed by atoms with van der Waals surface area (Å²) in [5, 5.41) is 10.6. The van der Waals surface area contributed by atoms with Gasteiger partial charge in [-0.05, 0) is 30.5 Å². The molecule has 0 aliphatic carbocycles. The second-order valence-electron chi connectivity index (χ2n) is 6.43. The highest BCUT2D eigenvalue weighted by Gasteiger charge is 2.09. The lowest BCUT2D eigenvalue weighted by molar-refractivity contribution is -0.384. The lowest BCUT2D eigenvalue weighted by atomic mass is 10.1. The van der Waals surface area contributed by atoms with Gasteiger partial charge in [-0.15, -0.1) is 0 Å². The van der Waals surface area contributed by atoms with Crippen molar-refractivity contribution in [2.24, 2.45) is 0 Å². The second-order valence-corrected chi connectivity index (χ2v) is 6.43. The minimum atomic E-state index is -0.485. The summed E-state index contributed by atoms with van der Waals surface area (Å²) in [6, 6.07) is 5.82. The first-order valence-electron chi connectivity index (χ1n) is 9.57. The molecule has 0 saturated heterocycles. The zero-order chi connectivity index (χ0) is 19.9. The van der Waals surface area contributed by atoms with Crippen molar-refractivity contribution in [3.05, 3.63) is 39.9 Å². The largest absolute Gasteiger partial charge is 0.466 e. The van der Waals surface area contributed by atoms with Crippen molar-refractivity contribution in [3.8, 4) is 0 Å². The monoisotopic (exact) mass is 379 g/mol. The Bertz CT molecular complexity index is 585. The average molecular weight is 379 g/mol. The standard InChI is InChI=1S/C20H29NO6/c1-2-3-4-5-6-7-15-26-19(22)9-8-10-20(23)27-16-17-11-13-18(14-12-17)21(24)25/h11-14H,2-10,15-16H2,1H3. The van der Waals surface area contributed by atoms with Crippen LogP contribution in [0.25, 0.3) is 0 Å². The molecule has 0 aliphatic rings. The van der Waals surface area contributed by atoms with Gasteiger partial charge in [0.25, 0.3) is 5.69 Å². The van der Waals surface area contributed by atoms with Crippen LogP contribution in [0.5, 0.6) is 0 Å². The molecular weight excluding hydrogens is 350 g/mol. The van der Waals surface area contributed by atoms with Gasteiger partial charge in [-0.3, -0.25) is 19.7 Å². The maximum Gasteiger partial charge on any atom is 0.306 e. The number of nitro benzene ring substituents is 1. The summed E-state index contributed by atoms with van der Waals surface area (Å²) >= 11 is 0. The van der Waals surface area contributed by atoms with E-state index in [-0.39, 0.29) is 31.1 Å². The van der Waals surface area contributed by atoms with Gasteiger partial charge < -0.3 is 9.47 Å². The highest BCUT2D eigenvalue weighted by molar-refractivity contribution is 5.72. The van der Waals surface area contributed by atoms with E-state index >= 15 is 0 Å². The Kier molecular flexibility index (Phi) is 11.5. The van der Waals surface area contributed by atoms with Gasteiger partial charge in [0.2, 0.25) is 0 Å². The molecule has 0 aliphatic heterocycles. The third-order valence-electron chi connectivity index (χ3n) is 4.07. The van der Waals surface area contributed by atoms with E-state index in [9.17, 15) is 19.7 Å². The fourth-order valence-corrected chi connectivity index (χ4v) is 2.47. The van der Waals surface area contributed by atoms with E-state index in [4.69, 9.17) is 9.47 Å². The number of unbranched alkanes of at least 4 members (excludes halogenated alkanes) is 5.